The standard InChI is InChI=1S/C15H21BrO3/c1-14(2)8-12(15(3,4)19-14)18-13-10(9-17)6-5-7-11(13)16/h5-7,12,17H,8-9H2,1-4H3. The first-order valence-electron chi connectivity index (χ1n) is 6.50. The molecule has 1 atom stereocenters. The summed E-state index contributed by atoms with van der Waals surface area (Å²) in [5.41, 5.74) is 0.259. The smallest absolute Gasteiger partial charge is 0.139 e. The van der Waals surface area contributed by atoms with Gasteiger partial charge in [-0.1, -0.05) is 12.1 Å². The molecule has 106 valence electrons. The summed E-state index contributed by atoms with van der Waals surface area (Å²) in [4.78, 5) is 0. The van der Waals surface area contributed by atoms with Gasteiger partial charge in [0.05, 0.1) is 16.7 Å². The first-order chi connectivity index (χ1) is 8.75. The Morgan fingerprint density at radius 2 is 2.05 bits per heavy atom. The molecule has 1 aliphatic rings. The zero-order chi connectivity index (χ0) is 14.3. The van der Waals surface area contributed by atoms with Gasteiger partial charge in [0.1, 0.15) is 17.5 Å². The average Bonchev–Trinajstić information content (AvgIpc) is 2.49. The monoisotopic (exact) mass is 328 g/mol. The van der Waals surface area contributed by atoms with E-state index in [9.17, 15) is 5.11 Å². The molecule has 0 saturated carbocycles. The fraction of sp³-hybridized carbons (Fsp3) is 0.600. The van der Waals surface area contributed by atoms with Gasteiger partial charge in [0.25, 0.3) is 0 Å². The first-order valence-corrected chi connectivity index (χ1v) is 7.29. The van der Waals surface area contributed by atoms with E-state index in [4.69, 9.17) is 9.47 Å². The molecule has 1 fully saturated rings. The van der Waals surface area contributed by atoms with E-state index in [1.165, 1.54) is 0 Å². The van der Waals surface area contributed by atoms with Crippen molar-refractivity contribution in [2.75, 3.05) is 0 Å². The lowest BCUT2D eigenvalue weighted by atomic mass is 9.97. The van der Waals surface area contributed by atoms with E-state index in [-0.39, 0.29) is 23.9 Å². The second kappa shape index (κ2) is 5.08. The van der Waals surface area contributed by atoms with Crippen molar-refractivity contribution in [2.24, 2.45) is 0 Å². The van der Waals surface area contributed by atoms with E-state index in [1.54, 1.807) is 0 Å². The highest BCUT2D eigenvalue weighted by molar-refractivity contribution is 9.10. The van der Waals surface area contributed by atoms with Gasteiger partial charge in [-0.3, -0.25) is 0 Å². The lowest BCUT2D eigenvalue weighted by molar-refractivity contribution is -0.0848. The van der Waals surface area contributed by atoms with Crippen molar-refractivity contribution in [3.8, 4) is 5.75 Å². The lowest BCUT2D eigenvalue weighted by Gasteiger charge is -2.28. The topological polar surface area (TPSA) is 38.7 Å². The van der Waals surface area contributed by atoms with Gasteiger partial charge in [0.2, 0.25) is 0 Å². The molecule has 4 heteroatoms. The molecule has 0 aliphatic carbocycles. The fourth-order valence-electron chi connectivity index (χ4n) is 2.65. The summed E-state index contributed by atoms with van der Waals surface area (Å²) in [7, 11) is 0. The van der Waals surface area contributed by atoms with Gasteiger partial charge >= 0.3 is 0 Å². The third-order valence-electron chi connectivity index (χ3n) is 3.47. The van der Waals surface area contributed by atoms with Crippen LogP contribution in [0.3, 0.4) is 0 Å². The summed E-state index contributed by atoms with van der Waals surface area (Å²) < 4.78 is 13.0. The molecule has 0 bridgehead atoms. The lowest BCUT2D eigenvalue weighted by Crippen LogP contribution is -2.37. The van der Waals surface area contributed by atoms with Crippen molar-refractivity contribution < 1.29 is 14.6 Å². The SMILES string of the molecule is CC1(C)CC(Oc2c(Br)cccc2CO)C(C)(C)O1. The van der Waals surface area contributed by atoms with Crippen LogP contribution in [0.1, 0.15) is 39.7 Å². The maximum Gasteiger partial charge on any atom is 0.139 e. The van der Waals surface area contributed by atoms with Crippen molar-refractivity contribution in [3.05, 3.63) is 28.2 Å². The number of ether oxygens (including phenoxy) is 2. The minimum absolute atomic E-state index is 0.0355. The predicted octanol–water partition coefficient (Wildman–Crippen LogP) is 3.67. The molecule has 1 aromatic carbocycles. The van der Waals surface area contributed by atoms with E-state index in [2.05, 4.69) is 29.8 Å². The maximum absolute atomic E-state index is 9.42. The summed E-state index contributed by atoms with van der Waals surface area (Å²) in [6.07, 6.45) is 0.790. The highest BCUT2D eigenvalue weighted by Gasteiger charge is 2.47. The average molecular weight is 329 g/mol. The Labute approximate surface area is 123 Å². The Kier molecular flexibility index (Phi) is 3.96. The molecule has 1 aliphatic heterocycles. The summed E-state index contributed by atoms with van der Waals surface area (Å²) in [6.45, 7) is 8.20. The van der Waals surface area contributed by atoms with Crippen molar-refractivity contribution >= 4 is 15.9 Å². The normalized spacial score (nSPS) is 24.4. The quantitative estimate of drug-likeness (QED) is 0.920. The van der Waals surface area contributed by atoms with E-state index < -0.39 is 0 Å². The number of halogens is 1. The summed E-state index contributed by atoms with van der Waals surface area (Å²) >= 11 is 3.48. The van der Waals surface area contributed by atoms with Crippen molar-refractivity contribution in [2.45, 2.75) is 58.0 Å². The molecule has 0 spiro atoms. The number of aliphatic hydroxyl groups excluding tert-OH is 1. The zero-order valence-electron chi connectivity index (χ0n) is 11.9. The highest BCUT2D eigenvalue weighted by Crippen LogP contribution is 2.41. The van der Waals surface area contributed by atoms with Crippen LogP contribution in [-0.2, 0) is 11.3 Å². The Morgan fingerprint density at radius 3 is 2.58 bits per heavy atom. The van der Waals surface area contributed by atoms with Crippen LogP contribution in [0.4, 0.5) is 0 Å². The fourth-order valence-corrected chi connectivity index (χ4v) is 3.15. The predicted molar refractivity (Wildman–Crippen MR) is 78.3 cm³/mol. The van der Waals surface area contributed by atoms with Crippen LogP contribution in [0.25, 0.3) is 0 Å². The second-order valence-electron chi connectivity index (χ2n) is 6.16. The van der Waals surface area contributed by atoms with E-state index in [0.29, 0.717) is 5.75 Å². The molecule has 3 nitrogen and oxygen atoms in total. The summed E-state index contributed by atoms with van der Waals surface area (Å²) in [6, 6.07) is 5.68. The van der Waals surface area contributed by atoms with E-state index >= 15 is 0 Å². The third-order valence-corrected chi connectivity index (χ3v) is 4.10. The van der Waals surface area contributed by atoms with Crippen LogP contribution in [0, 0.1) is 0 Å². The van der Waals surface area contributed by atoms with Crippen LogP contribution in [0.2, 0.25) is 0 Å². The van der Waals surface area contributed by atoms with Gasteiger partial charge in [0.15, 0.2) is 0 Å². The highest BCUT2D eigenvalue weighted by atomic mass is 79.9. The Bertz CT molecular complexity index is 468. The molecule has 0 amide bonds. The molecular formula is C15H21BrO3. The molecule has 0 radical (unpaired) electrons. The Balaban J connectivity index is 2.27. The minimum atomic E-state index is -0.342. The summed E-state index contributed by atoms with van der Waals surface area (Å²) in [5, 5.41) is 9.42. The Hall–Kier alpha value is -0.580. The number of hydrogen-bond donors (Lipinski definition) is 1. The first kappa shape index (κ1) is 14.8. The van der Waals surface area contributed by atoms with E-state index in [0.717, 1.165) is 16.5 Å². The van der Waals surface area contributed by atoms with Gasteiger partial charge in [0, 0.05) is 12.0 Å². The number of aliphatic hydroxyl groups is 1. The van der Waals surface area contributed by atoms with Crippen LogP contribution < -0.4 is 4.74 Å². The molecule has 0 aromatic heterocycles. The van der Waals surface area contributed by atoms with Crippen molar-refractivity contribution in [1.82, 2.24) is 0 Å². The molecule has 1 saturated heterocycles. The molecule has 2 rings (SSSR count). The maximum atomic E-state index is 9.42. The number of benzene rings is 1. The summed E-state index contributed by atoms with van der Waals surface area (Å²) in [5.74, 6) is 0.712. The number of rotatable bonds is 3. The number of para-hydroxylation sites is 1. The molecule has 1 heterocycles. The minimum Gasteiger partial charge on any atom is -0.486 e. The van der Waals surface area contributed by atoms with Crippen molar-refractivity contribution in [1.29, 1.82) is 0 Å². The third kappa shape index (κ3) is 3.12. The zero-order valence-corrected chi connectivity index (χ0v) is 13.5. The molecule has 1 aromatic rings. The van der Waals surface area contributed by atoms with Gasteiger partial charge in [-0.15, -0.1) is 0 Å². The van der Waals surface area contributed by atoms with Gasteiger partial charge in [-0.2, -0.15) is 0 Å². The van der Waals surface area contributed by atoms with Crippen LogP contribution in [0.15, 0.2) is 22.7 Å². The Morgan fingerprint density at radius 1 is 1.37 bits per heavy atom. The molecular weight excluding hydrogens is 308 g/mol. The molecule has 19 heavy (non-hydrogen) atoms. The molecule has 1 unspecified atom stereocenters. The van der Waals surface area contributed by atoms with Crippen LogP contribution in [0.5, 0.6) is 5.75 Å². The van der Waals surface area contributed by atoms with Gasteiger partial charge in [-0.25, -0.2) is 0 Å². The molecule has 1 N–H and O–H groups in total. The van der Waals surface area contributed by atoms with Crippen LogP contribution in [-0.4, -0.2) is 22.4 Å². The van der Waals surface area contributed by atoms with Crippen LogP contribution >= 0.6 is 15.9 Å². The van der Waals surface area contributed by atoms with E-state index in [1.807, 2.05) is 32.0 Å². The van der Waals surface area contributed by atoms with Gasteiger partial charge < -0.3 is 14.6 Å². The second-order valence-corrected chi connectivity index (χ2v) is 7.02. The number of hydrogen-bond acceptors (Lipinski definition) is 3. The van der Waals surface area contributed by atoms with Gasteiger partial charge in [-0.05, 0) is 49.7 Å². The largest absolute Gasteiger partial charge is 0.486 e. The van der Waals surface area contributed by atoms with Crippen molar-refractivity contribution in [3.63, 3.8) is 0 Å².